The molecular formula is C9H11N5OS. The Morgan fingerprint density at radius 2 is 2.25 bits per heavy atom. The van der Waals surface area contributed by atoms with Crippen LogP contribution in [0.4, 0.5) is 5.69 Å². The molecule has 0 atom stereocenters. The quantitative estimate of drug-likeness (QED) is 0.856. The van der Waals surface area contributed by atoms with Crippen molar-refractivity contribution in [3.05, 3.63) is 18.5 Å². The van der Waals surface area contributed by atoms with Crippen LogP contribution < -0.4 is 10.5 Å². The molecule has 2 heterocycles. The van der Waals surface area contributed by atoms with E-state index in [9.17, 15) is 0 Å². The summed E-state index contributed by atoms with van der Waals surface area (Å²) >= 11 is 1.40. The van der Waals surface area contributed by atoms with Crippen LogP contribution in [0, 0.1) is 0 Å². The Kier molecular flexibility index (Phi) is 2.95. The highest BCUT2D eigenvalue weighted by molar-refractivity contribution is 7.99. The molecule has 0 aromatic carbocycles. The summed E-state index contributed by atoms with van der Waals surface area (Å²) in [4.78, 5) is 4.24. The van der Waals surface area contributed by atoms with Crippen LogP contribution in [0.15, 0.2) is 28.6 Å². The fourth-order valence-corrected chi connectivity index (χ4v) is 1.84. The molecule has 0 fully saturated rings. The highest BCUT2D eigenvalue weighted by Crippen LogP contribution is 2.27. The van der Waals surface area contributed by atoms with E-state index in [2.05, 4.69) is 15.2 Å². The average Bonchev–Trinajstić information content (AvgIpc) is 2.67. The van der Waals surface area contributed by atoms with Crippen molar-refractivity contribution in [3.8, 4) is 5.88 Å². The third-order valence-electron chi connectivity index (χ3n) is 1.92. The van der Waals surface area contributed by atoms with Gasteiger partial charge in [-0.1, -0.05) is 0 Å². The van der Waals surface area contributed by atoms with Crippen molar-refractivity contribution in [2.45, 2.75) is 10.2 Å². The number of hydrogen-bond donors (Lipinski definition) is 1. The molecule has 2 aromatic rings. The van der Waals surface area contributed by atoms with E-state index in [-0.39, 0.29) is 0 Å². The van der Waals surface area contributed by atoms with Crippen LogP contribution in [0.5, 0.6) is 5.88 Å². The van der Waals surface area contributed by atoms with Crippen LogP contribution in [-0.2, 0) is 7.05 Å². The van der Waals surface area contributed by atoms with E-state index >= 15 is 0 Å². The normalized spacial score (nSPS) is 10.4. The lowest BCUT2D eigenvalue weighted by molar-refractivity contribution is 0.397. The van der Waals surface area contributed by atoms with Gasteiger partial charge in [0.1, 0.15) is 11.4 Å². The molecule has 0 amide bonds. The first-order valence-corrected chi connectivity index (χ1v) is 5.34. The summed E-state index contributed by atoms with van der Waals surface area (Å²) in [6.07, 6.45) is 1.64. The third-order valence-corrected chi connectivity index (χ3v) is 2.91. The van der Waals surface area contributed by atoms with Crippen LogP contribution in [0.3, 0.4) is 0 Å². The maximum atomic E-state index is 5.67. The first-order chi connectivity index (χ1) is 7.70. The first kappa shape index (κ1) is 10.7. The number of aryl methyl sites for hydroxylation is 1. The second-order valence-electron chi connectivity index (χ2n) is 3.07. The third kappa shape index (κ3) is 2.08. The number of hydrogen-bond acceptors (Lipinski definition) is 6. The summed E-state index contributed by atoms with van der Waals surface area (Å²) in [6, 6.07) is 3.57. The Labute approximate surface area is 96.8 Å². The Morgan fingerprint density at radius 1 is 1.44 bits per heavy atom. The zero-order chi connectivity index (χ0) is 11.5. The topological polar surface area (TPSA) is 78.9 Å². The smallest absolute Gasteiger partial charge is 0.237 e. The number of ether oxygens (including phenoxy) is 1. The average molecular weight is 237 g/mol. The number of nitrogen functional groups attached to an aromatic ring is 1. The van der Waals surface area contributed by atoms with Gasteiger partial charge in [0.2, 0.25) is 5.88 Å². The molecular weight excluding hydrogens is 226 g/mol. The highest BCUT2D eigenvalue weighted by Gasteiger charge is 2.07. The van der Waals surface area contributed by atoms with E-state index in [1.165, 1.54) is 18.9 Å². The summed E-state index contributed by atoms with van der Waals surface area (Å²) in [6.45, 7) is 0. The first-order valence-electron chi connectivity index (χ1n) is 4.53. The molecule has 0 saturated heterocycles. The van der Waals surface area contributed by atoms with Crippen molar-refractivity contribution < 1.29 is 4.74 Å². The molecule has 0 unspecified atom stereocenters. The summed E-state index contributed by atoms with van der Waals surface area (Å²) in [5, 5.41) is 9.27. The van der Waals surface area contributed by atoms with E-state index in [0.717, 1.165) is 10.2 Å². The van der Waals surface area contributed by atoms with Crippen LogP contribution >= 0.6 is 11.8 Å². The second-order valence-corrected chi connectivity index (χ2v) is 4.06. The van der Waals surface area contributed by atoms with E-state index in [4.69, 9.17) is 10.5 Å². The minimum Gasteiger partial charge on any atom is -0.480 e. The number of methoxy groups -OCH3 is 1. The zero-order valence-corrected chi connectivity index (χ0v) is 9.73. The molecule has 0 saturated carbocycles. The highest BCUT2D eigenvalue weighted by atomic mass is 32.2. The molecule has 2 aromatic heterocycles. The fraction of sp³-hybridized carbons (Fsp3) is 0.222. The monoisotopic (exact) mass is 237 g/mol. The largest absolute Gasteiger partial charge is 0.480 e. The standard InChI is InChI=1S/C9H11N5OS/c1-14-5-11-13-9(14)16-7-4-3-6(10)8(12-7)15-2/h3-5H,10H2,1-2H3. The van der Waals surface area contributed by atoms with E-state index in [1.54, 1.807) is 12.4 Å². The Morgan fingerprint density at radius 3 is 2.88 bits per heavy atom. The lowest BCUT2D eigenvalue weighted by Crippen LogP contribution is -1.96. The molecule has 0 radical (unpaired) electrons. The van der Waals surface area contributed by atoms with Crippen molar-refractivity contribution in [1.82, 2.24) is 19.7 Å². The van der Waals surface area contributed by atoms with Crippen molar-refractivity contribution in [2.24, 2.45) is 7.05 Å². The molecule has 0 aliphatic carbocycles. The summed E-state index contributed by atoms with van der Waals surface area (Å²) in [5.74, 6) is 0.423. The number of pyridine rings is 1. The SMILES string of the molecule is COc1nc(Sc2nncn2C)ccc1N. The molecule has 2 N–H and O–H groups in total. The minimum atomic E-state index is 0.423. The van der Waals surface area contributed by atoms with Crippen molar-refractivity contribution >= 4 is 17.4 Å². The Balaban J connectivity index is 2.25. The van der Waals surface area contributed by atoms with E-state index < -0.39 is 0 Å². The predicted octanol–water partition coefficient (Wildman–Crippen LogP) is 0.952. The van der Waals surface area contributed by atoms with Gasteiger partial charge < -0.3 is 15.0 Å². The Bertz CT molecular complexity index is 498. The van der Waals surface area contributed by atoms with Gasteiger partial charge in [-0.05, 0) is 23.9 Å². The summed E-state index contributed by atoms with van der Waals surface area (Å²) in [5.41, 5.74) is 6.19. The van der Waals surface area contributed by atoms with Gasteiger partial charge in [-0.25, -0.2) is 4.98 Å². The van der Waals surface area contributed by atoms with Gasteiger partial charge in [0.05, 0.1) is 12.8 Å². The van der Waals surface area contributed by atoms with Gasteiger partial charge in [0, 0.05) is 7.05 Å². The van der Waals surface area contributed by atoms with Crippen LogP contribution in [-0.4, -0.2) is 26.9 Å². The maximum absolute atomic E-state index is 5.67. The van der Waals surface area contributed by atoms with Crippen molar-refractivity contribution in [2.75, 3.05) is 12.8 Å². The van der Waals surface area contributed by atoms with Crippen molar-refractivity contribution in [3.63, 3.8) is 0 Å². The van der Waals surface area contributed by atoms with Gasteiger partial charge in [0.15, 0.2) is 5.16 Å². The molecule has 7 heteroatoms. The molecule has 0 aliphatic heterocycles. The number of rotatable bonds is 3. The number of aromatic nitrogens is 4. The summed E-state index contributed by atoms with van der Waals surface area (Å²) < 4.78 is 6.86. The van der Waals surface area contributed by atoms with Gasteiger partial charge >= 0.3 is 0 Å². The zero-order valence-electron chi connectivity index (χ0n) is 8.91. The van der Waals surface area contributed by atoms with Gasteiger partial charge in [-0.3, -0.25) is 0 Å². The molecule has 16 heavy (non-hydrogen) atoms. The molecule has 0 bridgehead atoms. The van der Waals surface area contributed by atoms with Crippen LogP contribution in [0.25, 0.3) is 0 Å². The van der Waals surface area contributed by atoms with E-state index in [1.807, 2.05) is 17.7 Å². The van der Waals surface area contributed by atoms with Crippen LogP contribution in [0.1, 0.15) is 0 Å². The van der Waals surface area contributed by atoms with E-state index in [0.29, 0.717) is 11.6 Å². The fourth-order valence-electron chi connectivity index (χ4n) is 1.11. The maximum Gasteiger partial charge on any atom is 0.237 e. The summed E-state index contributed by atoms with van der Waals surface area (Å²) in [7, 11) is 3.41. The second kappa shape index (κ2) is 4.40. The molecule has 2 rings (SSSR count). The number of nitrogens with two attached hydrogens (primary N) is 1. The lowest BCUT2D eigenvalue weighted by atomic mass is 10.4. The van der Waals surface area contributed by atoms with Gasteiger partial charge in [-0.2, -0.15) is 0 Å². The number of anilines is 1. The molecule has 84 valence electrons. The minimum absolute atomic E-state index is 0.423. The lowest BCUT2D eigenvalue weighted by Gasteiger charge is -2.05. The van der Waals surface area contributed by atoms with Gasteiger partial charge in [-0.15, -0.1) is 10.2 Å². The molecule has 6 nitrogen and oxygen atoms in total. The predicted molar refractivity (Wildman–Crippen MR) is 60.3 cm³/mol. The van der Waals surface area contributed by atoms with Crippen LogP contribution in [0.2, 0.25) is 0 Å². The Hall–Kier alpha value is -1.76. The molecule has 0 spiro atoms. The molecule has 0 aliphatic rings. The van der Waals surface area contributed by atoms with Crippen molar-refractivity contribution in [1.29, 1.82) is 0 Å². The number of nitrogens with zero attached hydrogens (tertiary/aromatic N) is 4. The van der Waals surface area contributed by atoms with Gasteiger partial charge in [0.25, 0.3) is 0 Å².